The van der Waals surface area contributed by atoms with Gasteiger partial charge in [0.05, 0.1) is 31.3 Å². The molecule has 42 heavy (non-hydrogen) atoms. The number of anilines is 1. The summed E-state index contributed by atoms with van der Waals surface area (Å²) in [7, 11) is 4.27. The molecule has 4 aliphatic heterocycles. The number of piperazine rings is 1. The Hall–Kier alpha value is -2.55. The van der Waals surface area contributed by atoms with Gasteiger partial charge in [-0.25, -0.2) is 4.39 Å². The highest BCUT2D eigenvalue weighted by atomic mass is 19.1. The van der Waals surface area contributed by atoms with Crippen molar-refractivity contribution < 1.29 is 13.9 Å². The van der Waals surface area contributed by atoms with Crippen LogP contribution in [-0.2, 0) is 16.0 Å². The molecule has 9 nitrogen and oxygen atoms in total. The highest BCUT2D eigenvalue weighted by Crippen LogP contribution is 2.48. The molecule has 0 radical (unpaired) electrons. The number of nitrogens with zero attached hydrogens (tertiary/aromatic N) is 5. The van der Waals surface area contributed by atoms with E-state index in [1.165, 1.54) is 18.1 Å². The summed E-state index contributed by atoms with van der Waals surface area (Å²) in [5.41, 5.74) is 2.36. The molecule has 1 amide bonds. The van der Waals surface area contributed by atoms with E-state index in [2.05, 4.69) is 52.1 Å². The van der Waals surface area contributed by atoms with Crippen LogP contribution in [0.1, 0.15) is 44.1 Å². The van der Waals surface area contributed by atoms with E-state index >= 15 is 0 Å². The third-order valence-corrected chi connectivity index (χ3v) is 10.7. The van der Waals surface area contributed by atoms with Crippen LogP contribution in [0.5, 0.6) is 0 Å². The number of ether oxygens (including phenoxy) is 1. The van der Waals surface area contributed by atoms with Crippen LogP contribution in [0.2, 0.25) is 0 Å². The normalized spacial score (nSPS) is 35.5. The first-order chi connectivity index (χ1) is 20.3. The number of hydrogen-bond acceptors (Lipinski definition) is 8. The Morgan fingerprint density at radius 3 is 2.86 bits per heavy atom. The molecule has 2 N–H and O–H groups in total. The standard InChI is InChI=1S/C32H46FN7O2/c1-4-29(41)40-15-14-39(19-24(40)10-12-34)30-26-9-11-32(17-22-7-8-23(33)16-28(22)38(3)21-32)18-27(26)35-31(36-30)42-20-25-6-5-13-37(25)2/h4,7-8,16,24-27,30-31,35-36H,1,5-6,9-11,13-15,17-21H2,2-3H3/t24-,25-,26?,27?,30?,31?,32-/m1/s1. The second-order valence-electron chi connectivity index (χ2n) is 13.3. The van der Waals surface area contributed by atoms with Crippen molar-refractivity contribution in [3.8, 4) is 6.07 Å². The molecule has 1 aromatic rings. The van der Waals surface area contributed by atoms with Gasteiger partial charge in [0.15, 0.2) is 6.35 Å². The van der Waals surface area contributed by atoms with E-state index in [-0.39, 0.29) is 41.7 Å². The first kappa shape index (κ1) is 29.5. The predicted octanol–water partition coefficient (Wildman–Crippen LogP) is 2.50. The van der Waals surface area contributed by atoms with E-state index in [9.17, 15) is 14.4 Å². The minimum Gasteiger partial charge on any atom is -0.374 e. The topological polar surface area (TPSA) is 87.1 Å². The number of likely N-dealkylation sites (N-methyl/N-ethyl adjacent to an activating group) is 1. The minimum atomic E-state index is -0.273. The zero-order chi connectivity index (χ0) is 29.4. The van der Waals surface area contributed by atoms with E-state index in [4.69, 9.17) is 4.74 Å². The van der Waals surface area contributed by atoms with Crippen LogP contribution >= 0.6 is 0 Å². The van der Waals surface area contributed by atoms with Gasteiger partial charge in [-0.05, 0) is 81.3 Å². The fourth-order valence-corrected chi connectivity index (χ4v) is 8.56. The maximum absolute atomic E-state index is 14.0. The van der Waals surface area contributed by atoms with Crippen LogP contribution in [0.3, 0.4) is 0 Å². The number of likely N-dealkylation sites (tertiary alicyclic amines) is 1. The first-order valence-corrected chi connectivity index (χ1v) is 15.7. The molecule has 3 saturated heterocycles. The van der Waals surface area contributed by atoms with Crippen LogP contribution in [0.25, 0.3) is 0 Å². The SMILES string of the molecule is C=CC(=O)N1CCN(C2NC(OC[C@H]3CCCN3C)NC3C[C@@]4(CCC32)Cc2ccc(F)cc2N(C)C4)C[C@H]1CC#N. The Labute approximate surface area is 249 Å². The van der Waals surface area contributed by atoms with Crippen molar-refractivity contribution >= 4 is 11.6 Å². The summed E-state index contributed by atoms with van der Waals surface area (Å²) in [6, 6.07) is 8.06. The Morgan fingerprint density at radius 1 is 1.24 bits per heavy atom. The lowest BCUT2D eigenvalue weighted by Gasteiger charge is -2.57. The summed E-state index contributed by atoms with van der Waals surface area (Å²) in [5.74, 6) is 0.0867. The molecule has 1 aromatic carbocycles. The number of hydrogen-bond donors (Lipinski definition) is 2. The van der Waals surface area contributed by atoms with Crippen LogP contribution in [0.4, 0.5) is 10.1 Å². The molecule has 0 bridgehead atoms. The van der Waals surface area contributed by atoms with Crippen molar-refractivity contribution in [1.29, 1.82) is 5.26 Å². The molecule has 5 aliphatic rings. The summed E-state index contributed by atoms with van der Waals surface area (Å²) < 4.78 is 20.6. The fourth-order valence-electron chi connectivity index (χ4n) is 8.56. The lowest BCUT2D eigenvalue weighted by atomic mass is 9.62. The second kappa shape index (κ2) is 12.2. The number of carbonyl (C=O) groups is 1. The molecule has 6 rings (SSSR count). The lowest BCUT2D eigenvalue weighted by Crippen LogP contribution is -2.73. The summed E-state index contributed by atoms with van der Waals surface area (Å²) in [4.78, 5) is 21.5. The van der Waals surface area contributed by atoms with Crippen molar-refractivity contribution in [2.75, 3.05) is 58.3 Å². The average Bonchev–Trinajstić information content (AvgIpc) is 3.40. The fraction of sp³-hybridized carbons (Fsp3) is 0.688. The van der Waals surface area contributed by atoms with Gasteiger partial charge in [-0.1, -0.05) is 12.6 Å². The van der Waals surface area contributed by atoms with Gasteiger partial charge in [-0.3, -0.25) is 20.3 Å². The Morgan fingerprint density at radius 2 is 2.10 bits per heavy atom. The molecule has 1 spiro atoms. The molecular formula is C32H46FN7O2. The third-order valence-electron chi connectivity index (χ3n) is 10.7. The quantitative estimate of drug-likeness (QED) is 0.498. The van der Waals surface area contributed by atoms with Gasteiger partial charge < -0.3 is 19.4 Å². The molecule has 1 aliphatic carbocycles. The number of nitriles is 1. The second-order valence-corrected chi connectivity index (χ2v) is 13.3. The molecule has 4 heterocycles. The van der Waals surface area contributed by atoms with E-state index in [1.807, 2.05) is 11.0 Å². The van der Waals surface area contributed by atoms with Crippen LogP contribution in [0, 0.1) is 28.5 Å². The Bertz CT molecular complexity index is 1210. The van der Waals surface area contributed by atoms with E-state index in [1.54, 1.807) is 12.1 Å². The lowest BCUT2D eigenvalue weighted by molar-refractivity contribution is -0.137. The molecule has 228 valence electrons. The van der Waals surface area contributed by atoms with Crippen molar-refractivity contribution in [2.45, 2.75) is 75.6 Å². The predicted molar refractivity (Wildman–Crippen MR) is 160 cm³/mol. The summed E-state index contributed by atoms with van der Waals surface area (Å²) in [5, 5.41) is 17.2. The number of rotatable bonds is 6. The van der Waals surface area contributed by atoms with Crippen LogP contribution in [0.15, 0.2) is 30.9 Å². The summed E-state index contributed by atoms with van der Waals surface area (Å²) in [6.45, 7) is 8.36. The first-order valence-electron chi connectivity index (χ1n) is 15.7. The van der Waals surface area contributed by atoms with Crippen molar-refractivity contribution in [1.82, 2.24) is 25.3 Å². The van der Waals surface area contributed by atoms with Gasteiger partial charge in [0.25, 0.3) is 0 Å². The maximum Gasteiger partial charge on any atom is 0.246 e. The van der Waals surface area contributed by atoms with Crippen LogP contribution < -0.4 is 15.5 Å². The average molecular weight is 580 g/mol. The van der Waals surface area contributed by atoms with Crippen molar-refractivity contribution in [3.05, 3.63) is 42.2 Å². The van der Waals surface area contributed by atoms with Gasteiger partial charge in [0, 0.05) is 56.9 Å². The largest absolute Gasteiger partial charge is 0.374 e. The number of benzene rings is 1. The number of carbonyl (C=O) groups excluding carboxylic acids is 1. The smallest absolute Gasteiger partial charge is 0.246 e. The number of fused-ring (bicyclic) bond motifs is 2. The minimum absolute atomic E-state index is 0.0878. The van der Waals surface area contributed by atoms with E-state index in [0.717, 1.165) is 57.4 Å². The van der Waals surface area contributed by atoms with Gasteiger partial charge in [0.2, 0.25) is 5.91 Å². The highest BCUT2D eigenvalue weighted by Gasteiger charge is 2.50. The zero-order valence-corrected chi connectivity index (χ0v) is 25.1. The van der Waals surface area contributed by atoms with Gasteiger partial charge in [-0.2, -0.15) is 5.26 Å². The molecule has 10 heteroatoms. The maximum atomic E-state index is 14.0. The Balaban J connectivity index is 1.22. The Kier molecular flexibility index (Phi) is 8.58. The molecular weight excluding hydrogens is 533 g/mol. The van der Waals surface area contributed by atoms with Gasteiger partial charge in [0.1, 0.15) is 5.82 Å². The molecule has 4 fully saturated rings. The number of halogens is 1. The molecule has 4 unspecified atom stereocenters. The number of amides is 1. The van der Waals surface area contributed by atoms with Crippen molar-refractivity contribution in [2.24, 2.45) is 11.3 Å². The van der Waals surface area contributed by atoms with Crippen LogP contribution in [-0.4, -0.2) is 105 Å². The number of nitrogens with one attached hydrogen (secondary N) is 2. The van der Waals surface area contributed by atoms with Gasteiger partial charge >= 0.3 is 0 Å². The zero-order valence-electron chi connectivity index (χ0n) is 25.1. The summed E-state index contributed by atoms with van der Waals surface area (Å²) in [6.07, 6.45) is 7.99. The summed E-state index contributed by atoms with van der Waals surface area (Å²) >= 11 is 0. The van der Waals surface area contributed by atoms with Crippen molar-refractivity contribution in [3.63, 3.8) is 0 Å². The highest BCUT2D eigenvalue weighted by molar-refractivity contribution is 5.87. The molecule has 1 saturated carbocycles. The molecule has 0 aromatic heterocycles. The van der Waals surface area contributed by atoms with E-state index < -0.39 is 0 Å². The monoisotopic (exact) mass is 579 g/mol. The van der Waals surface area contributed by atoms with E-state index in [0.29, 0.717) is 38.1 Å². The third kappa shape index (κ3) is 5.82. The molecule has 7 atom stereocenters. The van der Waals surface area contributed by atoms with Gasteiger partial charge in [-0.15, -0.1) is 0 Å².